The number of carbonyl (C=O) groups is 1. The van der Waals surface area contributed by atoms with Gasteiger partial charge in [-0.25, -0.2) is 13.1 Å². The van der Waals surface area contributed by atoms with E-state index in [4.69, 9.17) is 0 Å². The van der Waals surface area contributed by atoms with Crippen LogP contribution in [0.2, 0.25) is 0 Å². The van der Waals surface area contributed by atoms with Crippen LogP contribution in [0.25, 0.3) is 0 Å². The zero-order valence-corrected chi connectivity index (χ0v) is 12.9. The van der Waals surface area contributed by atoms with Gasteiger partial charge in [0.25, 0.3) is 0 Å². The highest BCUT2D eigenvalue weighted by molar-refractivity contribution is 7.89. The molecule has 1 aromatic heterocycles. The van der Waals surface area contributed by atoms with Crippen molar-refractivity contribution in [2.45, 2.75) is 24.3 Å². The van der Waals surface area contributed by atoms with Gasteiger partial charge in [-0.3, -0.25) is 0 Å². The quantitative estimate of drug-likeness (QED) is 0.865. The molecule has 21 heavy (non-hydrogen) atoms. The average Bonchev–Trinajstić information content (AvgIpc) is 2.91. The molecule has 0 aliphatic carbocycles. The first-order chi connectivity index (χ1) is 9.88. The maximum Gasteiger partial charge on any atom is 0.241 e. The molecule has 0 fully saturated rings. The molecule has 2 aromatic rings. The summed E-state index contributed by atoms with van der Waals surface area (Å²) >= 11 is 1.29. The lowest BCUT2D eigenvalue weighted by atomic mass is 10.2. The molecule has 0 aliphatic rings. The Labute approximate surface area is 127 Å². The van der Waals surface area contributed by atoms with Crippen LogP contribution in [0.4, 0.5) is 0 Å². The van der Waals surface area contributed by atoms with E-state index in [9.17, 15) is 18.3 Å². The molecule has 0 aliphatic heterocycles. The Morgan fingerprint density at radius 2 is 1.95 bits per heavy atom. The predicted octanol–water partition coefficient (Wildman–Crippen LogP) is 1.22. The molecular weight excluding hydrogens is 310 g/mol. The van der Waals surface area contributed by atoms with Crippen LogP contribution in [-0.4, -0.2) is 14.4 Å². The van der Waals surface area contributed by atoms with Gasteiger partial charge in [0, 0.05) is 17.3 Å². The lowest BCUT2D eigenvalue weighted by Crippen LogP contribution is -2.33. The monoisotopic (exact) mass is 324 g/mol. The Morgan fingerprint density at radius 1 is 1.29 bits per heavy atom. The van der Waals surface area contributed by atoms with Crippen LogP contribution in [0, 0.1) is 6.92 Å². The number of nitrogens with one attached hydrogen (secondary N) is 1. The zero-order valence-electron chi connectivity index (χ0n) is 11.3. The number of sulfonamides is 1. The third kappa shape index (κ3) is 4.13. The number of carboxylic acids is 1. The standard InChI is InChI=1S/C14H15NO4S2/c1-10-4-6-11(7-5-10)21(18,19)15-12(9-14(16)17)13-3-2-8-20-13/h2-8,12,15H,9H2,1H3,(H,16,17)/p-1. The highest BCUT2D eigenvalue weighted by atomic mass is 32.2. The summed E-state index contributed by atoms with van der Waals surface area (Å²) in [4.78, 5) is 11.6. The van der Waals surface area contributed by atoms with Gasteiger partial charge in [-0.2, -0.15) is 0 Å². The minimum absolute atomic E-state index is 0.105. The van der Waals surface area contributed by atoms with Crippen LogP contribution in [0.3, 0.4) is 0 Å². The Hall–Kier alpha value is -1.70. The summed E-state index contributed by atoms with van der Waals surface area (Å²) in [5, 5.41) is 12.6. The molecule has 7 heteroatoms. The maximum absolute atomic E-state index is 12.3. The van der Waals surface area contributed by atoms with Gasteiger partial charge in [0.1, 0.15) is 0 Å². The molecule has 1 aromatic carbocycles. The van der Waals surface area contributed by atoms with Crippen molar-refractivity contribution in [3.63, 3.8) is 0 Å². The number of aliphatic carboxylic acids is 1. The van der Waals surface area contributed by atoms with Gasteiger partial charge in [0.05, 0.1) is 10.9 Å². The number of hydrogen-bond acceptors (Lipinski definition) is 5. The van der Waals surface area contributed by atoms with Gasteiger partial charge in [-0.1, -0.05) is 23.8 Å². The van der Waals surface area contributed by atoms with Crippen molar-refractivity contribution in [3.8, 4) is 0 Å². The van der Waals surface area contributed by atoms with E-state index in [1.165, 1.54) is 23.5 Å². The number of carboxylic acid groups (broad SMARTS) is 1. The lowest BCUT2D eigenvalue weighted by molar-refractivity contribution is -0.306. The zero-order chi connectivity index (χ0) is 15.5. The van der Waals surface area contributed by atoms with Crippen molar-refractivity contribution >= 4 is 27.3 Å². The van der Waals surface area contributed by atoms with E-state index in [2.05, 4.69) is 4.72 Å². The van der Waals surface area contributed by atoms with Crippen LogP contribution in [0.1, 0.15) is 22.9 Å². The maximum atomic E-state index is 12.3. The minimum atomic E-state index is -3.78. The lowest BCUT2D eigenvalue weighted by Gasteiger charge is -2.18. The Morgan fingerprint density at radius 3 is 2.48 bits per heavy atom. The van der Waals surface area contributed by atoms with Gasteiger partial charge in [0.2, 0.25) is 10.0 Å². The van der Waals surface area contributed by atoms with E-state index in [-0.39, 0.29) is 4.90 Å². The van der Waals surface area contributed by atoms with Gasteiger partial charge in [-0.15, -0.1) is 11.3 Å². The minimum Gasteiger partial charge on any atom is -0.550 e. The average molecular weight is 324 g/mol. The van der Waals surface area contributed by atoms with Crippen LogP contribution in [0.5, 0.6) is 0 Å². The molecule has 0 amide bonds. The summed E-state index contributed by atoms with van der Waals surface area (Å²) in [6, 6.07) is 8.95. The fourth-order valence-electron chi connectivity index (χ4n) is 1.83. The number of carbonyl (C=O) groups excluding carboxylic acids is 1. The Bertz CT molecular complexity index is 706. The largest absolute Gasteiger partial charge is 0.550 e. The Kier molecular flexibility index (Phi) is 4.76. The topological polar surface area (TPSA) is 86.3 Å². The number of rotatable bonds is 6. The second kappa shape index (κ2) is 6.38. The third-order valence-corrected chi connectivity index (χ3v) is 5.36. The normalized spacial score (nSPS) is 13.0. The first kappa shape index (κ1) is 15.7. The van der Waals surface area contributed by atoms with Crippen LogP contribution < -0.4 is 9.83 Å². The molecule has 1 atom stereocenters. The fourth-order valence-corrected chi connectivity index (χ4v) is 3.90. The molecule has 0 spiro atoms. The highest BCUT2D eigenvalue weighted by Crippen LogP contribution is 2.24. The van der Waals surface area contributed by atoms with Crippen LogP contribution in [0.15, 0.2) is 46.7 Å². The predicted molar refractivity (Wildman–Crippen MR) is 78.2 cm³/mol. The summed E-state index contributed by atoms with van der Waals surface area (Å²) in [6.07, 6.45) is -0.411. The number of hydrogen-bond donors (Lipinski definition) is 1. The van der Waals surface area contributed by atoms with E-state index < -0.39 is 28.5 Å². The SMILES string of the molecule is Cc1ccc(S(=O)(=O)NC(CC(=O)[O-])c2cccs2)cc1. The molecule has 0 saturated heterocycles. The van der Waals surface area contributed by atoms with E-state index in [1.54, 1.807) is 29.6 Å². The smallest absolute Gasteiger partial charge is 0.241 e. The molecule has 5 nitrogen and oxygen atoms in total. The molecule has 112 valence electrons. The molecule has 0 radical (unpaired) electrons. The molecule has 0 saturated carbocycles. The summed E-state index contributed by atoms with van der Waals surface area (Å²) in [7, 11) is -3.78. The first-order valence-corrected chi connectivity index (χ1v) is 8.57. The third-order valence-electron chi connectivity index (χ3n) is 2.89. The van der Waals surface area contributed by atoms with Crippen molar-refractivity contribution in [3.05, 3.63) is 52.2 Å². The number of aryl methyl sites for hydroxylation is 1. The van der Waals surface area contributed by atoms with E-state index in [0.29, 0.717) is 4.88 Å². The molecule has 0 bridgehead atoms. The van der Waals surface area contributed by atoms with Gasteiger partial charge >= 0.3 is 0 Å². The van der Waals surface area contributed by atoms with Gasteiger partial charge in [-0.05, 0) is 30.5 Å². The second-order valence-corrected chi connectivity index (χ2v) is 7.27. The van der Waals surface area contributed by atoms with E-state index >= 15 is 0 Å². The summed E-state index contributed by atoms with van der Waals surface area (Å²) < 4.78 is 27.0. The van der Waals surface area contributed by atoms with E-state index in [0.717, 1.165) is 5.56 Å². The molecule has 1 N–H and O–H groups in total. The first-order valence-electron chi connectivity index (χ1n) is 6.21. The highest BCUT2D eigenvalue weighted by Gasteiger charge is 2.22. The molecule has 2 rings (SSSR count). The van der Waals surface area contributed by atoms with Gasteiger partial charge in [0.15, 0.2) is 0 Å². The van der Waals surface area contributed by atoms with Crippen LogP contribution in [-0.2, 0) is 14.8 Å². The summed E-state index contributed by atoms with van der Waals surface area (Å²) in [5.41, 5.74) is 0.943. The molecular formula is C14H14NO4S2-. The van der Waals surface area contributed by atoms with Crippen molar-refractivity contribution in [2.75, 3.05) is 0 Å². The van der Waals surface area contributed by atoms with Crippen LogP contribution >= 0.6 is 11.3 Å². The summed E-state index contributed by atoms with van der Waals surface area (Å²) in [6.45, 7) is 1.86. The fraction of sp³-hybridized carbons (Fsp3) is 0.214. The van der Waals surface area contributed by atoms with Crippen molar-refractivity contribution < 1.29 is 18.3 Å². The molecule has 1 heterocycles. The van der Waals surface area contributed by atoms with E-state index in [1.807, 2.05) is 6.92 Å². The second-order valence-electron chi connectivity index (χ2n) is 4.58. The van der Waals surface area contributed by atoms with Crippen molar-refractivity contribution in [1.82, 2.24) is 4.72 Å². The molecule has 1 unspecified atom stereocenters. The summed E-state index contributed by atoms with van der Waals surface area (Å²) in [5.74, 6) is -1.31. The van der Waals surface area contributed by atoms with Crippen molar-refractivity contribution in [2.24, 2.45) is 0 Å². The Balaban J connectivity index is 2.27. The van der Waals surface area contributed by atoms with Gasteiger partial charge < -0.3 is 9.90 Å². The van der Waals surface area contributed by atoms with Crippen molar-refractivity contribution in [1.29, 1.82) is 0 Å². The number of benzene rings is 1. The number of thiophene rings is 1.